The Morgan fingerprint density at radius 2 is 1.49 bits per heavy atom. The molecule has 3 unspecified atom stereocenters. The lowest BCUT2D eigenvalue weighted by Gasteiger charge is -2.35. The van der Waals surface area contributed by atoms with Crippen LogP contribution in [0.25, 0.3) is 0 Å². The third kappa shape index (κ3) is 10.1. The van der Waals surface area contributed by atoms with Gasteiger partial charge < -0.3 is 25.0 Å². The minimum Gasteiger partial charge on any atom is -0.458 e. The maximum absolute atomic E-state index is 14.4. The molecule has 234 valence electrons. The molecule has 0 heterocycles. The van der Waals surface area contributed by atoms with Crippen LogP contribution in [0.2, 0.25) is 0 Å². The van der Waals surface area contributed by atoms with Gasteiger partial charge in [-0.15, -0.1) is 0 Å². The molecule has 2 aromatic rings. The molecule has 1 aliphatic rings. The molecule has 1 aliphatic carbocycles. The first-order chi connectivity index (χ1) is 19.9. The second-order valence-electron chi connectivity index (χ2n) is 13.4. The fraction of sp³-hybridized carbons (Fsp3) is 0.529. The average Bonchev–Trinajstić information content (AvgIpc) is 3.71. The van der Waals surface area contributed by atoms with Crippen LogP contribution in [0.3, 0.4) is 0 Å². The van der Waals surface area contributed by atoms with Crippen LogP contribution in [0, 0.1) is 13.8 Å². The number of rotatable bonds is 10. The van der Waals surface area contributed by atoms with Crippen LogP contribution >= 0.6 is 0 Å². The summed E-state index contributed by atoms with van der Waals surface area (Å²) in [6, 6.07) is 12.0. The molecule has 9 nitrogen and oxygen atoms in total. The van der Waals surface area contributed by atoms with Gasteiger partial charge in [-0.3, -0.25) is 9.59 Å². The van der Waals surface area contributed by atoms with Crippen LogP contribution in [0.1, 0.15) is 89.6 Å². The van der Waals surface area contributed by atoms with E-state index in [1.54, 1.807) is 53.4 Å². The van der Waals surface area contributed by atoms with Crippen LogP contribution < -0.4 is 10.6 Å². The van der Waals surface area contributed by atoms with Gasteiger partial charge in [0, 0.05) is 12.5 Å². The van der Waals surface area contributed by atoms with Crippen molar-refractivity contribution < 1.29 is 28.7 Å². The molecule has 0 aliphatic heterocycles. The number of nitrogens with one attached hydrogen (secondary N) is 2. The van der Waals surface area contributed by atoms with Crippen molar-refractivity contribution >= 4 is 23.9 Å². The summed E-state index contributed by atoms with van der Waals surface area (Å²) in [6.45, 7) is 16.0. The number of hydrogen-bond acceptors (Lipinski definition) is 6. The monoisotopic (exact) mass is 593 g/mol. The topological polar surface area (TPSA) is 114 Å². The summed E-state index contributed by atoms with van der Waals surface area (Å²) < 4.78 is 11.1. The lowest BCUT2D eigenvalue weighted by molar-refractivity contribution is -0.159. The molecule has 43 heavy (non-hydrogen) atoms. The first-order valence-electron chi connectivity index (χ1n) is 14.9. The number of alkyl carbamates (subject to hydrolysis) is 1. The quantitative estimate of drug-likeness (QED) is 0.361. The summed E-state index contributed by atoms with van der Waals surface area (Å²) in [7, 11) is 0. The molecule has 9 heteroatoms. The first-order valence-corrected chi connectivity index (χ1v) is 14.9. The minimum absolute atomic E-state index is 0.194. The number of aryl methyl sites for hydroxylation is 2. The molecule has 3 atom stereocenters. The van der Waals surface area contributed by atoms with Gasteiger partial charge in [-0.2, -0.15) is 0 Å². The zero-order chi connectivity index (χ0) is 32.1. The van der Waals surface area contributed by atoms with Gasteiger partial charge in [0.25, 0.3) is 0 Å². The van der Waals surface area contributed by atoms with Crippen molar-refractivity contribution in [2.45, 2.75) is 117 Å². The van der Waals surface area contributed by atoms with Crippen LogP contribution in [0.5, 0.6) is 0 Å². The van der Waals surface area contributed by atoms with E-state index in [1.165, 1.54) is 0 Å². The lowest BCUT2D eigenvalue weighted by atomic mass is 9.95. The number of amides is 3. The Kier molecular flexibility index (Phi) is 10.6. The average molecular weight is 594 g/mol. The van der Waals surface area contributed by atoms with E-state index in [2.05, 4.69) is 10.6 Å². The van der Waals surface area contributed by atoms with E-state index < -0.39 is 53.2 Å². The third-order valence-corrected chi connectivity index (χ3v) is 6.84. The summed E-state index contributed by atoms with van der Waals surface area (Å²) in [6.07, 6.45) is 0.942. The van der Waals surface area contributed by atoms with Crippen LogP contribution in [-0.2, 0) is 30.3 Å². The maximum atomic E-state index is 14.4. The second-order valence-corrected chi connectivity index (χ2v) is 13.4. The number of ether oxygens (including phenoxy) is 2. The van der Waals surface area contributed by atoms with Crippen molar-refractivity contribution in [3.8, 4) is 0 Å². The molecule has 0 spiro atoms. The number of carbonyl (C=O) groups is 4. The van der Waals surface area contributed by atoms with Crippen molar-refractivity contribution in [2.24, 2.45) is 0 Å². The summed E-state index contributed by atoms with van der Waals surface area (Å²) in [4.78, 5) is 55.9. The van der Waals surface area contributed by atoms with Gasteiger partial charge in [-0.05, 0) is 91.8 Å². The fourth-order valence-electron chi connectivity index (χ4n) is 4.78. The molecule has 3 amide bonds. The molecule has 3 rings (SSSR count). The van der Waals surface area contributed by atoms with Crippen molar-refractivity contribution in [2.75, 3.05) is 0 Å². The van der Waals surface area contributed by atoms with Gasteiger partial charge >= 0.3 is 12.1 Å². The van der Waals surface area contributed by atoms with Gasteiger partial charge in [0.15, 0.2) is 0 Å². The van der Waals surface area contributed by atoms with Gasteiger partial charge in [0.05, 0.1) is 0 Å². The van der Waals surface area contributed by atoms with Gasteiger partial charge in [-0.25, -0.2) is 9.59 Å². The normalized spacial score (nSPS) is 15.5. The first kappa shape index (κ1) is 33.6. The number of benzene rings is 2. The molecule has 0 bridgehead atoms. The highest BCUT2D eigenvalue weighted by molar-refractivity contribution is 5.94. The van der Waals surface area contributed by atoms with Crippen LogP contribution in [0.15, 0.2) is 48.5 Å². The maximum Gasteiger partial charge on any atom is 0.408 e. The number of nitrogens with zero attached hydrogens (tertiary/aromatic N) is 1. The molecule has 0 aromatic heterocycles. The fourth-order valence-corrected chi connectivity index (χ4v) is 4.78. The van der Waals surface area contributed by atoms with E-state index in [-0.39, 0.29) is 12.5 Å². The molecule has 2 aromatic carbocycles. The minimum atomic E-state index is -1.04. The van der Waals surface area contributed by atoms with Crippen molar-refractivity contribution in [3.63, 3.8) is 0 Å². The summed E-state index contributed by atoms with van der Waals surface area (Å²) in [5.41, 5.74) is 1.77. The highest BCUT2D eigenvalue weighted by Crippen LogP contribution is 2.37. The zero-order valence-corrected chi connectivity index (χ0v) is 26.9. The van der Waals surface area contributed by atoms with E-state index in [9.17, 15) is 19.2 Å². The Balaban J connectivity index is 2.00. The largest absolute Gasteiger partial charge is 0.458 e. The Morgan fingerprint density at radius 3 is 2.05 bits per heavy atom. The molecular weight excluding hydrogens is 546 g/mol. The van der Waals surface area contributed by atoms with E-state index in [0.29, 0.717) is 5.56 Å². The predicted octanol–water partition coefficient (Wildman–Crippen LogP) is 5.32. The van der Waals surface area contributed by atoms with E-state index in [1.807, 2.05) is 62.4 Å². The predicted molar refractivity (Wildman–Crippen MR) is 165 cm³/mol. The van der Waals surface area contributed by atoms with E-state index >= 15 is 0 Å². The van der Waals surface area contributed by atoms with Crippen molar-refractivity contribution in [1.29, 1.82) is 0 Å². The summed E-state index contributed by atoms with van der Waals surface area (Å²) in [5.74, 6) is -1.47. The zero-order valence-electron chi connectivity index (χ0n) is 26.9. The number of esters is 1. The molecule has 0 radical (unpaired) electrons. The summed E-state index contributed by atoms with van der Waals surface area (Å²) in [5, 5.41) is 5.57. The van der Waals surface area contributed by atoms with Crippen LogP contribution in [0.4, 0.5) is 4.79 Å². The van der Waals surface area contributed by atoms with E-state index in [4.69, 9.17) is 9.47 Å². The van der Waals surface area contributed by atoms with E-state index in [0.717, 1.165) is 29.5 Å². The standard InChI is InChI=1S/C34H47N3O6/c1-21-15-16-22(2)26(19-21)28(37(25-17-18-25)30(39)23(3)35-32(41)43-34(7,8)9)29(38)36-27(31(40)42-33(4,5)6)20-24-13-11-10-12-14-24/h10-16,19,23,25,27-28H,17-18,20H2,1-9H3,(H,35,41)(H,36,38). The Bertz CT molecular complexity index is 1310. The Hall–Kier alpha value is -3.88. The molecule has 1 fully saturated rings. The highest BCUT2D eigenvalue weighted by atomic mass is 16.6. The third-order valence-electron chi connectivity index (χ3n) is 6.84. The van der Waals surface area contributed by atoms with Gasteiger partial charge in [0.1, 0.15) is 29.3 Å². The van der Waals surface area contributed by atoms with Gasteiger partial charge in [-0.1, -0.05) is 54.1 Å². The second kappa shape index (κ2) is 13.6. The lowest BCUT2D eigenvalue weighted by Crippen LogP contribution is -2.55. The van der Waals surface area contributed by atoms with Crippen molar-refractivity contribution in [1.82, 2.24) is 15.5 Å². The molecule has 2 N–H and O–H groups in total. The van der Waals surface area contributed by atoms with Crippen molar-refractivity contribution in [3.05, 3.63) is 70.8 Å². The molecule has 1 saturated carbocycles. The number of hydrogen-bond donors (Lipinski definition) is 2. The Morgan fingerprint density at radius 1 is 0.884 bits per heavy atom. The SMILES string of the molecule is Cc1ccc(C)c(C(C(=O)NC(Cc2ccccc2)C(=O)OC(C)(C)C)N(C(=O)C(C)NC(=O)OC(C)(C)C)C2CC2)c1. The smallest absolute Gasteiger partial charge is 0.408 e. The highest BCUT2D eigenvalue weighted by Gasteiger charge is 2.44. The van der Waals surface area contributed by atoms with Crippen LogP contribution in [-0.4, -0.2) is 58.1 Å². The molecular formula is C34H47N3O6. The Labute approximate surface area is 255 Å². The van der Waals surface area contributed by atoms with Gasteiger partial charge in [0.2, 0.25) is 11.8 Å². The number of carbonyl (C=O) groups excluding carboxylic acids is 4. The summed E-state index contributed by atoms with van der Waals surface area (Å²) >= 11 is 0. The molecule has 0 saturated heterocycles.